The van der Waals surface area contributed by atoms with E-state index in [2.05, 4.69) is 5.32 Å². The van der Waals surface area contributed by atoms with Crippen molar-refractivity contribution in [2.45, 2.75) is 4.90 Å². The topological polar surface area (TPSA) is 84.9 Å². The lowest BCUT2D eigenvalue weighted by Gasteiger charge is -2.12. The van der Waals surface area contributed by atoms with Gasteiger partial charge in [-0.2, -0.15) is 0 Å². The number of halogens is 2. The Morgan fingerprint density at radius 2 is 1.75 bits per heavy atom. The molecule has 0 fully saturated rings. The number of ether oxygens (including phenoxy) is 2. The zero-order chi connectivity index (χ0) is 20.7. The summed E-state index contributed by atoms with van der Waals surface area (Å²) in [5.74, 6) is 0.531. The van der Waals surface area contributed by atoms with E-state index in [1.54, 1.807) is 24.3 Å². The molecule has 2 aromatic rings. The minimum Gasteiger partial charge on any atom is -0.492 e. The van der Waals surface area contributed by atoms with E-state index in [4.69, 9.17) is 32.7 Å². The van der Waals surface area contributed by atoms with Crippen LogP contribution in [0.4, 0.5) is 0 Å². The lowest BCUT2D eigenvalue weighted by molar-refractivity contribution is -0.123. The first-order valence-corrected chi connectivity index (χ1v) is 10.4. The van der Waals surface area contributed by atoms with E-state index in [0.29, 0.717) is 21.5 Å². The van der Waals surface area contributed by atoms with Crippen LogP contribution in [0.25, 0.3) is 0 Å². The smallest absolute Gasteiger partial charge is 0.258 e. The summed E-state index contributed by atoms with van der Waals surface area (Å²) < 4.78 is 35.9. The highest BCUT2D eigenvalue weighted by Gasteiger charge is 2.16. The molecule has 0 radical (unpaired) electrons. The van der Waals surface area contributed by atoms with Gasteiger partial charge in [0.2, 0.25) is 10.0 Å². The fraction of sp³-hybridized carbons (Fsp3) is 0.278. The number of nitrogens with zero attached hydrogens (tertiary/aromatic N) is 1. The highest BCUT2D eigenvalue weighted by atomic mass is 35.5. The van der Waals surface area contributed by atoms with Gasteiger partial charge < -0.3 is 14.8 Å². The SMILES string of the molecule is CN(C)S(=O)(=O)c1ccc(OCCNC(=O)COc2ccc(Cl)cc2Cl)cc1. The molecule has 10 heteroatoms. The maximum Gasteiger partial charge on any atom is 0.258 e. The summed E-state index contributed by atoms with van der Waals surface area (Å²) in [7, 11) is -0.544. The van der Waals surface area contributed by atoms with Crippen molar-refractivity contribution in [3.63, 3.8) is 0 Å². The van der Waals surface area contributed by atoms with Gasteiger partial charge in [0.1, 0.15) is 18.1 Å². The Balaban J connectivity index is 1.73. The summed E-state index contributed by atoms with van der Waals surface area (Å²) in [6, 6.07) is 10.8. The van der Waals surface area contributed by atoms with Crippen LogP contribution in [0.3, 0.4) is 0 Å². The zero-order valence-corrected chi connectivity index (χ0v) is 17.6. The molecule has 0 heterocycles. The summed E-state index contributed by atoms with van der Waals surface area (Å²) in [5, 5.41) is 3.44. The van der Waals surface area contributed by atoms with Crippen LogP contribution in [0.5, 0.6) is 11.5 Å². The van der Waals surface area contributed by atoms with E-state index >= 15 is 0 Å². The second kappa shape index (κ2) is 9.97. The van der Waals surface area contributed by atoms with Gasteiger partial charge in [-0.1, -0.05) is 23.2 Å². The number of nitrogens with one attached hydrogen (secondary N) is 1. The predicted octanol–water partition coefficient (Wildman–Crippen LogP) is 2.82. The van der Waals surface area contributed by atoms with Crippen LogP contribution in [0.15, 0.2) is 47.4 Å². The summed E-state index contributed by atoms with van der Waals surface area (Å²) in [6.45, 7) is 0.278. The standard InChI is InChI=1S/C18H20Cl2N2O5S/c1-22(2)28(24,25)15-6-4-14(5-7-15)26-10-9-21-18(23)12-27-17-8-3-13(19)11-16(17)20/h3-8,11H,9-10,12H2,1-2H3,(H,21,23). The fourth-order valence-electron chi connectivity index (χ4n) is 2.06. The van der Waals surface area contributed by atoms with Crippen LogP contribution < -0.4 is 14.8 Å². The molecule has 0 bridgehead atoms. The van der Waals surface area contributed by atoms with Crippen LogP contribution >= 0.6 is 23.2 Å². The molecule has 0 spiro atoms. The lowest BCUT2D eigenvalue weighted by atomic mass is 10.3. The number of carbonyl (C=O) groups is 1. The van der Waals surface area contributed by atoms with Crippen molar-refractivity contribution >= 4 is 39.1 Å². The van der Waals surface area contributed by atoms with E-state index in [1.807, 2.05) is 0 Å². The van der Waals surface area contributed by atoms with Gasteiger partial charge in [0.05, 0.1) is 16.5 Å². The molecule has 0 saturated carbocycles. The number of hydrogen-bond donors (Lipinski definition) is 1. The van der Waals surface area contributed by atoms with E-state index in [0.717, 1.165) is 4.31 Å². The van der Waals surface area contributed by atoms with Crippen molar-refractivity contribution in [2.75, 3.05) is 33.9 Å². The van der Waals surface area contributed by atoms with E-state index in [1.165, 1.54) is 32.3 Å². The van der Waals surface area contributed by atoms with E-state index < -0.39 is 10.0 Å². The number of benzene rings is 2. The first-order valence-electron chi connectivity index (χ1n) is 8.20. The van der Waals surface area contributed by atoms with Gasteiger partial charge in [-0.3, -0.25) is 4.79 Å². The molecule has 0 saturated heterocycles. The monoisotopic (exact) mass is 446 g/mol. The zero-order valence-electron chi connectivity index (χ0n) is 15.3. The molecule has 0 aliphatic carbocycles. The molecular formula is C18H20Cl2N2O5S. The van der Waals surface area contributed by atoms with Gasteiger partial charge in [0.15, 0.2) is 6.61 Å². The van der Waals surface area contributed by atoms with E-state index in [-0.39, 0.29) is 30.6 Å². The lowest BCUT2D eigenvalue weighted by Crippen LogP contribution is -2.32. The quantitative estimate of drug-likeness (QED) is 0.598. The Bertz CT molecular complexity index is 918. The minimum absolute atomic E-state index is 0.177. The summed E-state index contributed by atoms with van der Waals surface area (Å²) in [5.41, 5.74) is 0. The van der Waals surface area contributed by atoms with Crippen LogP contribution in [-0.4, -0.2) is 52.5 Å². The molecular weight excluding hydrogens is 427 g/mol. The van der Waals surface area contributed by atoms with Gasteiger partial charge in [-0.15, -0.1) is 0 Å². The molecule has 152 valence electrons. The van der Waals surface area contributed by atoms with Crippen LogP contribution in [0, 0.1) is 0 Å². The van der Waals surface area contributed by atoms with Gasteiger partial charge in [0, 0.05) is 19.1 Å². The summed E-state index contributed by atoms with van der Waals surface area (Å²) in [4.78, 5) is 12.0. The number of rotatable bonds is 9. The Morgan fingerprint density at radius 1 is 1.07 bits per heavy atom. The maximum atomic E-state index is 12.0. The molecule has 0 unspecified atom stereocenters. The fourth-order valence-corrected chi connectivity index (χ4v) is 3.43. The van der Waals surface area contributed by atoms with Crippen molar-refractivity contribution in [1.29, 1.82) is 0 Å². The third-order valence-electron chi connectivity index (χ3n) is 3.55. The third kappa shape index (κ3) is 6.27. The average molecular weight is 447 g/mol. The molecule has 0 aromatic heterocycles. The summed E-state index contributed by atoms with van der Waals surface area (Å²) >= 11 is 11.8. The average Bonchev–Trinajstić information content (AvgIpc) is 2.65. The molecule has 2 aromatic carbocycles. The number of hydrogen-bond acceptors (Lipinski definition) is 5. The van der Waals surface area contributed by atoms with Gasteiger partial charge in [-0.05, 0) is 42.5 Å². The van der Waals surface area contributed by atoms with Crippen molar-refractivity contribution in [3.8, 4) is 11.5 Å². The number of amides is 1. The second-order valence-electron chi connectivity index (χ2n) is 5.82. The molecule has 0 atom stereocenters. The normalized spacial score (nSPS) is 11.3. The van der Waals surface area contributed by atoms with Gasteiger partial charge in [-0.25, -0.2) is 12.7 Å². The Labute approximate surface area is 174 Å². The second-order valence-corrected chi connectivity index (χ2v) is 8.82. The van der Waals surface area contributed by atoms with Crippen molar-refractivity contribution in [3.05, 3.63) is 52.5 Å². The first-order chi connectivity index (χ1) is 13.2. The molecule has 0 aliphatic rings. The van der Waals surface area contributed by atoms with Crippen LogP contribution in [-0.2, 0) is 14.8 Å². The highest BCUT2D eigenvalue weighted by Crippen LogP contribution is 2.27. The summed E-state index contributed by atoms with van der Waals surface area (Å²) in [6.07, 6.45) is 0. The third-order valence-corrected chi connectivity index (χ3v) is 5.91. The first kappa shape index (κ1) is 22.3. The molecule has 1 N–H and O–H groups in total. The molecule has 1 amide bonds. The molecule has 28 heavy (non-hydrogen) atoms. The minimum atomic E-state index is -3.47. The van der Waals surface area contributed by atoms with Crippen LogP contribution in [0.2, 0.25) is 10.0 Å². The van der Waals surface area contributed by atoms with Crippen molar-refractivity contribution in [1.82, 2.24) is 9.62 Å². The Morgan fingerprint density at radius 3 is 2.36 bits per heavy atom. The van der Waals surface area contributed by atoms with Crippen molar-refractivity contribution < 1.29 is 22.7 Å². The molecule has 7 nitrogen and oxygen atoms in total. The largest absolute Gasteiger partial charge is 0.492 e. The number of sulfonamides is 1. The van der Waals surface area contributed by atoms with Gasteiger partial charge >= 0.3 is 0 Å². The number of carbonyl (C=O) groups excluding carboxylic acids is 1. The molecule has 0 aliphatic heterocycles. The van der Waals surface area contributed by atoms with Gasteiger partial charge in [0.25, 0.3) is 5.91 Å². The van der Waals surface area contributed by atoms with Crippen molar-refractivity contribution in [2.24, 2.45) is 0 Å². The Hall–Kier alpha value is -2.00. The Kier molecular flexibility index (Phi) is 7.94. The van der Waals surface area contributed by atoms with Crippen LogP contribution in [0.1, 0.15) is 0 Å². The van der Waals surface area contributed by atoms with E-state index in [9.17, 15) is 13.2 Å². The predicted molar refractivity (Wildman–Crippen MR) is 108 cm³/mol. The molecule has 2 rings (SSSR count). The maximum absolute atomic E-state index is 12.0. The highest BCUT2D eigenvalue weighted by molar-refractivity contribution is 7.89.